The van der Waals surface area contributed by atoms with Crippen LogP contribution in [0, 0.1) is 0 Å². The molecule has 1 aliphatic heterocycles. The molecule has 2 amide bonds. The van der Waals surface area contributed by atoms with E-state index in [1.165, 1.54) is 0 Å². The highest BCUT2D eigenvalue weighted by molar-refractivity contribution is 5.81. The molecule has 0 radical (unpaired) electrons. The number of carbonyl (C=O) groups is 2. The molecule has 1 unspecified atom stereocenters. The quantitative estimate of drug-likeness (QED) is 0.881. The molecule has 1 heterocycles. The molecule has 0 saturated carbocycles. The molecular formula is C18H27N3O3. The van der Waals surface area contributed by atoms with Crippen molar-refractivity contribution in [3.63, 3.8) is 0 Å². The molecule has 1 N–H and O–H groups in total. The molecule has 6 nitrogen and oxygen atoms in total. The first-order valence-electron chi connectivity index (χ1n) is 8.42. The Balaban J connectivity index is 1.88. The molecular weight excluding hydrogens is 306 g/mol. The zero-order valence-corrected chi connectivity index (χ0v) is 14.7. The van der Waals surface area contributed by atoms with Crippen molar-refractivity contribution in [2.24, 2.45) is 0 Å². The van der Waals surface area contributed by atoms with E-state index in [1.54, 1.807) is 14.0 Å². The van der Waals surface area contributed by atoms with E-state index >= 15 is 0 Å². The van der Waals surface area contributed by atoms with E-state index in [9.17, 15) is 9.59 Å². The van der Waals surface area contributed by atoms with Gasteiger partial charge in [-0.1, -0.05) is 18.2 Å². The third-order valence-corrected chi connectivity index (χ3v) is 4.55. The van der Waals surface area contributed by atoms with Crippen LogP contribution in [0.1, 0.15) is 25.8 Å². The number of methoxy groups -OCH3 is 1. The first-order valence-corrected chi connectivity index (χ1v) is 8.42. The maximum atomic E-state index is 12.5. The molecule has 0 spiro atoms. The van der Waals surface area contributed by atoms with Crippen LogP contribution in [-0.4, -0.2) is 60.9 Å². The number of ether oxygens (including phenoxy) is 1. The highest BCUT2D eigenvalue weighted by atomic mass is 16.5. The standard InChI is InChI=1S/C18H27N3O3/c1-14(20-9-6-10-21(12-11-20)15(2)22)18(23)19-13-16-7-4-5-8-17(16)24-3/h4-5,7-8,14H,6,9-13H2,1-3H3,(H,19,23). The molecule has 1 fully saturated rings. The average molecular weight is 333 g/mol. The molecule has 1 saturated heterocycles. The van der Waals surface area contributed by atoms with Crippen molar-refractivity contribution in [1.82, 2.24) is 15.1 Å². The van der Waals surface area contributed by atoms with E-state index in [-0.39, 0.29) is 17.9 Å². The van der Waals surface area contributed by atoms with Crippen LogP contribution < -0.4 is 10.1 Å². The van der Waals surface area contributed by atoms with Crippen LogP contribution in [0.25, 0.3) is 0 Å². The highest BCUT2D eigenvalue weighted by Crippen LogP contribution is 2.17. The summed E-state index contributed by atoms with van der Waals surface area (Å²) in [5.41, 5.74) is 0.958. The number of hydrogen-bond donors (Lipinski definition) is 1. The summed E-state index contributed by atoms with van der Waals surface area (Å²) in [7, 11) is 1.63. The summed E-state index contributed by atoms with van der Waals surface area (Å²) < 4.78 is 5.31. The van der Waals surface area contributed by atoms with Gasteiger partial charge in [-0.15, -0.1) is 0 Å². The summed E-state index contributed by atoms with van der Waals surface area (Å²) in [6.07, 6.45) is 0.893. The maximum Gasteiger partial charge on any atom is 0.237 e. The molecule has 0 aliphatic carbocycles. The lowest BCUT2D eigenvalue weighted by atomic mass is 10.2. The number of benzene rings is 1. The van der Waals surface area contributed by atoms with Crippen LogP contribution in [0.3, 0.4) is 0 Å². The Kier molecular flexibility index (Phi) is 6.61. The number of para-hydroxylation sites is 1. The molecule has 1 aromatic carbocycles. The lowest BCUT2D eigenvalue weighted by Crippen LogP contribution is -2.46. The normalized spacial score (nSPS) is 17.0. The van der Waals surface area contributed by atoms with Crippen LogP contribution in [0.15, 0.2) is 24.3 Å². The van der Waals surface area contributed by atoms with Crippen molar-refractivity contribution in [1.29, 1.82) is 0 Å². The van der Waals surface area contributed by atoms with Gasteiger partial charge < -0.3 is 15.0 Å². The van der Waals surface area contributed by atoms with Crippen molar-refractivity contribution in [3.8, 4) is 5.75 Å². The average Bonchev–Trinajstić information content (AvgIpc) is 2.85. The van der Waals surface area contributed by atoms with Crippen LogP contribution in [-0.2, 0) is 16.1 Å². The van der Waals surface area contributed by atoms with E-state index in [0.717, 1.165) is 37.4 Å². The van der Waals surface area contributed by atoms with E-state index in [1.807, 2.05) is 36.1 Å². The Labute approximate surface area is 143 Å². The van der Waals surface area contributed by atoms with Crippen molar-refractivity contribution < 1.29 is 14.3 Å². The minimum atomic E-state index is -0.216. The summed E-state index contributed by atoms with van der Waals surface area (Å²) in [6, 6.07) is 7.45. The van der Waals surface area contributed by atoms with Crippen molar-refractivity contribution in [3.05, 3.63) is 29.8 Å². The third kappa shape index (κ3) is 4.71. The van der Waals surface area contributed by atoms with Crippen molar-refractivity contribution in [2.45, 2.75) is 32.9 Å². The fourth-order valence-electron chi connectivity index (χ4n) is 2.98. The summed E-state index contributed by atoms with van der Waals surface area (Å²) in [5, 5.41) is 2.98. The van der Waals surface area contributed by atoms with Crippen LogP contribution in [0.5, 0.6) is 5.75 Å². The highest BCUT2D eigenvalue weighted by Gasteiger charge is 2.24. The Morgan fingerprint density at radius 1 is 1.21 bits per heavy atom. The summed E-state index contributed by atoms with van der Waals surface area (Å²) in [6.45, 7) is 6.96. The second-order valence-corrected chi connectivity index (χ2v) is 6.10. The summed E-state index contributed by atoms with van der Waals surface area (Å²) in [4.78, 5) is 28.0. The molecule has 24 heavy (non-hydrogen) atoms. The van der Waals surface area contributed by atoms with E-state index in [2.05, 4.69) is 10.2 Å². The van der Waals surface area contributed by atoms with Gasteiger partial charge in [-0.05, 0) is 19.4 Å². The molecule has 0 aromatic heterocycles. The fourth-order valence-corrected chi connectivity index (χ4v) is 2.98. The van der Waals surface area contributed by atoms with Gasteiger partial charge in [-0.3, -0.25) is 14.5 Å². The van der Waals surface area contributed by atoms with Crippen molar-refractivity contribution in [2.75, 3.05) is 33.3 Å². The van der Waals surface area contributed by atoms with Gasteiger partial charge in [0.15, 0.2) is 0 Å². The number of hydrogen-bond acceptors (Lipinski definition) is 4. The molecule has 2 rings (SSSR count). The van der Waals surface area contributed by atoms with E-state index < -0.39 is 0 Å². The number of carbonyl (C=O) groups excluding carboxylic acids is 2. The van der Waals surface area contributed by atoms with Gasteiger partial charge in [0.25, 0.3) is 0 Å². The van der Waals surface area contributed by atoms with Gasteiger partial charge in [-0.25, -0.2) is 0 Å². The van der Waals surface area contributed by atoms with Crippen molar-refractivity contribution >= 4 is 11.8 Å². The molecule has 1 aliphatic rings. The van der Waals surface area contributed by atoms with E-state index in [0.29, 0.717) is 13.1 Å². The van der Waals surface area contributed by atoms with Crippen LogP contribution in [0.4, 0.5) is 0 Å². The van der Waals surface area contributed by atoms with Gasteiger partial charge in [-0.2, -0.15) is 0 Å². The zero-order valence-electron chi connectivity index (χ0n) is 14.7. The number of amides is 2. The van der Waals surface area contributed by atoms with Crippen LogP contribution in [0.2, 0.25) is 0 Å². The van der Waals surface area contributed by atoms with Gasteiger partial charge in [0, 0.05) is 45.2 Å². The number of nitrogens with zero attached hydrogens (tertiary/aromatic N) is 2. The maximum absolute atomic E-state index is 12.5. The topological polar surface area (TPSA) is 61.9 Å². The smallest absolute Gasteiger partial charge is 0.237 e. The van der Waals surface area contributed by atoms with Gasteiger partial charge >= 0.3 is 0 Å². The second kappa shape index (κ2) is 8.68. The molecule has 6 heteroatoms. The third-order valence-electron chi connectivity index (χ3n) is 4.55. The number of nitrogens with one attached hydrogen (secondary N) is 1. The number of rotatable bonds is 5. The zero-order chi connectivity index (χ0) is 17.5. The predicted octanol–water partition coefficient (Wildman–Crippen LogP) is 1.25. The minimum Gasteiger partial charge on any atom is -0.496 e. The SMILES string of the molecule is COc1ccccc1CNC(=O)C(C)N1CCCN(C(C)=O)CC1. The Bertz CT molecular complexity index is 576. The minimum absolute atomic E-state index is 0.00261. The summed E-state index contributed by atoms with van der Waals surface area (Å²) >= 11 is 0. The molecule has 1 atom stereocenters. The van der Waals surface area contributed by atoms with E-state index in [4.69, 9.17) is 4.74 Å². The first kappa shape index (κ1) is 18.3. The largest absolute Gasteiger partial charge is 0.496 e. The fraction of sp³-hybridized carbons (Fsp3) is 0.556. The Morgan fingerprint density at radius 2 is 1.96 bits per heavy atom. The lowest BCUT2D eigenvalue weighted by Gasteiger charge is -2.27. The molecule has 0 bridgehead atoms. The van der Waals surface area contributed by atoms with Gasteiger partial charge in [0.1, 0.15) is 5.75 Å². The van der Waals surface area contributed by atoms with Crippen LogP contribution >= 0.6 is 0 Å². The lowest BCUT2D eigenvalue weighted by molar-refractivity contribution is -0.128. The predicted molar refractivity (Wildman–Crippen MR) is 92.7 cm³/mol. The monoisotopic (exact) mass is 333 g/mol. The molecule has 1 aromatic rings. The molecule has 132 valence electrons. The Morgan fingerprint density at radius 3 is 2.67 bits per heavy atom. The first-order chi connectivity index (χ1) is 11.5. The van der Waals surface area contributed by atoms with Gasteiger partial charge in [0.05, 0.1) is 13.2 Å². The van der Waals surface area contributed by atoms with Gasteiger partial charge in [0.2, 0.25) is 11.8 Å². The Hall–Kier alpha value is -2.08. The summed E-state index contributed by atoms with van der Waals surface area (Å²) in [5.74, 6) is 0.875. The second-order valence-electron chi connectivity index (χ2n) is 6.10.